The highest BCUT2D eigenvalue weighted by Gasteiger charge is 2.08. The van der Waals surface area contributed by atoms with Crippen molar-refractivity contribution in [3.05, 3.63) is 44.9 Å². The number of aryl methyl sites for hydroxylation is 1. The van der Waals surface area contributed by atoms with Gasteiger partial charge in [-0.25, -0.2) is 4.98 Å². The van der Waals surface area contributed by atoms with Crippen LogP contribution in [0, 0.1) is 0 Å². The number of benzene rings is 1. The van der Waals surface area contributed by atoms with Gasteiger partial charge in [-0.1, -0.05) is 48.1 Å². The topological polar surface area (TPSA) is 40.7 Å². The van der Waals surface area contributed by atoms with Crippen LogP contribution < -0.4 is 5.32 Å². The molecule has 0 spiro atoms. The number of H-pyrrole nitrogens is 1. The first-order chi connectivity index (χ1) is 9.60. The monoisotopic (exact) mass is 331 g/mol. The molecular weight excluding hydrogens is 317 g/mol. The minimum atomic E-state index is 0.517. The number of unbranched alkanes of at least 4 members (excludes halogenated alkanes) is 1. The second-order valence-corrected chi connectivity index (χ2v) is 5.71. The number of nitrogens with zero attached hydrogens (tertiary/aromatic N) is 1. The summed E-state index contributed by atoms with van der Waals surface area (Å²) in [7, 11) is 0. The second-order valence-electron chi connectivity index (χ2n) is 4.54. The summed E-state index contributed by atoms with van der Waals surface area (Å²) in [5.74, 6) is 0.933. The summed E-state index contributed by atoms with van der Waals surface area (Å²) in [5, 5.41) is 4.82. The molecule has 0 aliphatic heterocycles. The second kappa shape index (κ2) is 7.21. The lowest BCUT2D eigenvalue weighted by Crippen LogP contribution is -2.00. The van der Waals surface area contributed by atoms with Crippen LogP contribution in [0.1, 0.15) is 31.3 Å². The van der Waals surface area contributed by atoms with Crippen molar-refractivity contribution in [3.8, 4) is 0 Å². The van der Waals surface area contributed by atoms with Gasteiger partial charge in [0.15, 0.2) is 5.15 Å². The molecule has 6 heteroatoms. The number of hydrogen-bond donors (Lipinski definition) is 2. The Labute approximate surface area is 133 Å². The standard InChI is InChI=1S/C14H16Cl3N3/c1-2-3-4-13-19-12(14(17)20-13)8-18-9-5-6-10(15)11(16)7-9/h5-7,18H,2-4,8H2,1H3,(H,19,20). The summed E-state index contributed by atoms with van der Waals surface area (Å²) in [5.41, 5.74) is 1.77. The highest BCUT2D eigenvalue weighted by atomic mass is 35.5. The van der Waals surface area contributed by atoms with Gasteiger partial charge in [-0.05, 0) is 24.6 Å². The minimum Gasteiger partial charge on any atom is -0.379 e. The lowest BCUT2D eigenvalue weighted by molar-refractivity contribution is 0.760. The lowest BCUT2D eigenvalue weighted by atomic mass is 10.2. The maximum atomic E-state index is 6.12. The first kappa shape index (κ1) is 15.5. The maximum Gasteiger partial charge on any atom is 0.152 e. The number of anilines is 1. The third kappa shape index (κ3) is 4.05. The molecule has 1 aromatic carbocycles. The molecule has 2 rings (SSSR count). The Morgan fingerprint density at radius 2 is 2.00 bits per heavy atom. The molecule has 2 N–H and O–H groups in total. The zero-order chi connectivity index (χ0) is 14.5. The molecular formula is C14H16Cl3N3. The number of aromatic nitrogens is 2. The number of rotatable bonds is 6. The van der Waals surface area contributed by atoms with Gasteiger partial charge in [0.05, 0.1) is 22.3 Å². The third-order valence-electron chi connectivity index (χ3n) is 2.93. The van der Waals surface area contributed by atoms with Crippen LogP contribution in [0.25, 0.3) is 0 Å². The summed E-state index contributed by atoms with van der Waals surface area (Å²) in [4.78, 5) is 7.56. The van der Waals surface area contributed by atoms with Crippen LogP contribution in [0.5, 0.6) is 0 Å². The fraction of sp³-hybridized carbons (Fsp3) is 0.357. The molecule has 0 unspecified atom stereocenters. The predicted molar refractivity (Wildman–Crippen MR) is 86.0 cm³/mol. The van der Waals surface area contributed by atoms with Crippen LogP contribution in [-0.4, -0.2) is 9.97 Å². The molecule has 0 saturated heterocycles. The Balaban J connectivity index is 1.99. The van der Waals surface area contributed by atoms with E-state index in [1.807, 2.05) is 6.07 Å². The van der Waals surface area contributed by atoms with Crippen LogP contribution in [0.15, 0.2) is 18.2 Å². The molecule has 1 heterocycles. The van der Waals surface area contributed by atoms with Gasteiger partial charge in [0, 0.05) is 12.1 Å². The Morgan fingerprint density at radius 3 is 2.70 bits per heavy atom. The molecule has 3 nitrogen and oxygen atoms in total. The van der Waals surface area contributed by atoms with Gasteiger partial charge >= 0.3 is 0 Å². The van der Waals surface area contributed by atoms with Crippen LogP contribution in [0.3, 0.4) is 0 Å². The van der Waals surface area contributed by atoms with Crippen LogP contribution in [0.2, 0.25) is 15.2 Å². The molecule has 1 aromatic heterocycles. The predicted octanol–water partition coefficient (Wildman–Crippen LogP) is 5.32. The molecule has 0 bridgehead atoms. The molecule has 2 aromatic rings. The zero-order valence-electron chi connectivity index (χ0n) is 11.1. The lowest BCUT2D eigenvalue weighted by Gasteiger charge is -2.06. The molecule has 0 amide bonds. The fourth-order valence-corrected chi connectivity index (χ4v) is 2.33. The van der Waals surface area contributed by atoms with Crippen LogP contribution in [-0.2, 0) is 13.0 Å². The van der Waals surface area contributed by atoms with E-state index in [0.29, 0.717) is 21.7 Å². The molecule has 20 heavy (non-hydrogen) atoms. The number of halogens is 3. The Morgan fingerprint density at radius 1 is 1.20 bits per heavy atom. The smallest absolute Gasteiger partial charge is 0.152 e. The van der Waals surface area contributed by atoms with Crippen molar-refractivity contribution in [3.63, 3.8) is 0 Å². The first-order valence-electron chi connectivity index (χ1n) is 6.52. The van der Waals surface area contributed by atoms with Gasteiger partial charge in [0.2, 0.25) is 0 Å². The van der Waals surface area contributed by atoms with Crippen molar-refractivity contribution in [1.29, 1.82) is 0 Å². The molecule has 108 valence electrons. The third-order valence-corrected chi connectivity index (χ3v) is 3.99. The van der Waals surface area contributed by atoms with Gasteiger partial charge in [-0.2, -0.15) is 0 Å². The van der Waals surface area contributed by atoms with Gasteiger partial charge in [-0.15, -0.1) is 0 Å². The van der Waals surface area contributed by atoms with Crippen LogP contribution >= 0.6 is 34.8 Å². The van der Waals surface area contributed by atoms with Gasteiger partial charge in [-0.3, -0.25) is 0 Å². The van der Waals surface area contributed by atoms with Crippen molar-refractivity contribution < 1.29 is 0 Å². The summed E-state index contributed by atoms with van der Waals surface area (Å²) in [6.07, 6.45) is 3.15. The highest BCUT2D eigenvalue weighted by Crippen LogP contribution is 2.25. The van der Waals surface area contributed by atoms with E-state index >= 15 is 0 Å². The van der Waals surface area contributed by atoms with E-state index in [9.17, 15) is 0 Å². The van der Waals surface area contributed by atoms with E-state index in [0.717, 1.165) is 36.5 Å². The number of aromatic amines is 1. The van der Waals surface area contributed by atoms with Crippen LogP contribution in [0.4, 0.5) is 5.69 Å². The summed E-state index contributed by atoms with van der Waals surface area (Å²) >= 11 is 18.0. The Bertz CT molecular complexity index is 581. The van der Waals surface area contributed by atoms with Crippen molar-refractivity contribution in [2.24, 2.45) is 0 Å². The van der Waals surface area contributed by atoms with E-state index in [1.165, 1.54) is 0 Å². The first-order valence-corrected chi connectivity index (χ1v) is 7.65. The minimum absolute atomic E-state index is 0.517. The van der Waals surface area contributed by atoms with E-state index < -0.39 is 0 Å². The fourth-order valence-electron chi connectivity index (χ4n) is 1.82. The van der Waals surface area contributed by atoms with Gasteiger partial charge < -0.3 is 10.3 Å². The van der Waals surface area contributed by atoms with Crippen molar-refractivity contribution in [2.75, 3.05) is 5.32 Å². The molecule has 0 radical (unpaired) electrons. The zero-order valence-corrected chi connectivity index (χ0v) is 13.4. The average molecular weight is 333 g/mol. The van der Waals surface area contributed by atoms with Crippen molar-refractivity contribution >= 4 is 40.5 Å². The molecule has 0 fully saturated rings. The van der Waals surface area contributed by atoms with Gasteiger partial charge in [0.1, 0.15) is 5.82 Å². The number of nitrogens with one attached hydrogen (secondary N) is 2. The van der Waals surface area contributed by atoms with Gasteiger partial charge in [0.25, 0.3) is 0 Å². The largest absolute Gasteiger partial charge is 0.379 e. The maximum absolute atomic E-state index is 6.12. The SMILES string of the molecule is CCCCc1nc(Cl)c(CNc2ccc(Cl)c(Cl)c2)[nH]1. The summed E-state index contributed by atoms with van der Waals surface area (Å²) < 4.78 is 0. The highest BCUT2D eigenvalue weighted by molar-refractivity contribution is 6.42. The van der Waals surface area contributed by atoms with E-state index in [-0.39, 0.29) is 0 Å². The summed E-state index contributed by atoms with van der Waals surface area (Å²) in [6, 6.07) is 5.41. The molecule has 0 atom stereocenters. The molecule has 0 aliphatic rings. The van der Waals surface area contributed by atoms with E-state index in [1.54, 1.807) is 12.1 Å². The number of imidazole rings is 1. The van der Waals surface area contributed by atoms with E-state index in [4.69, 9.17) is 34.8 Å². The molecule has 0 saturated carbocycles. The quantitative estimate of drug-likeness (QED) is 0.751. The van der Waals surface area contributed by atoms with E-state index in [2.05, 4.69) is 22.2 Å². The normalized spacial score (nSPS) is 10.8. The Kier molecular flexibility index (Phi) is 5.58. The average Bonchev–Trinajstić information content (AvgIpc) is 2.78. The molecule has 0 aliphatic carbocycles. The van der Waals surface area contributed by atoms with Crippen molar-refractivity contribution in [1.82, 2.24) is 9.97 Å². The Hall–Kier alpha value is -0.900. The van der Waals surface area contributed by atoms with Crippen molar-refractivity contribution in [2.45, 2.75) is 32.7 Å². The number of hydrogen-bond acceptors (Lipinski definition) is 2. The summed E-state index contributed by atoms with van der Waals surface area (Å²) in [6.45, 7) is 2.72.